The Hall–Kier alpha value is -3.98. The van der Waals surface area contributed by atoms with E-state index >= 15 is 0 Å². The van der Waals surface area contributed by atoms with Crippen LogP contribution in [0.2, 0.25) is 0 Å². The summed E-state index contributed by atoms with van der Waals surface area (Å²) in [5, 5.41) is 5.11. The second kappa shape index (κ2) is 6.04. The van der Waals surface area contributed by atoms with Crippen LogP contribution < -0.4 is 0 Å². The highest BCUT2D eigenvalue weighted by Crippen LogP contribution is 2.55. The van der Waals surface area contributed by atoms with Crippen LogP contribution in [-0.4, -0.2) is 14.5 Å². The molecular formula is C29H21N3. The van der Waals surface area contributed by atoms with E-state index in [1.165, 1.54) is 49.3 Å². The predicted octanol–water partition coefficient (Wildman–Crippen LogP) is 7.03. The van der Waals surface area contributed by atoms with E-state index in [1.54, 1.807) is 0 Å². The van der Waals surface area contributed by atoms with Gasteiger partial charge in [0.2, 0.25) is 5.95 Å². The first-order chi connectivity index (χ1) is 15.7. The van der Waals surface area contributed by atoms with E-state index in [0.29, 0.717) is 5.95 Å². The monoisotopic (exact) mass is 411 g/mol. The maximum Gasteiger partial charge on any atom is 0.234 e. The Bertz CT molecular complexity index is 1690. The van der Waals surface area contributed by atoms with Gasteiger partial charge < -0.3 is 0 Å². The summed E-state index contributed by atoms with van der Waals surface area (Å²) in [5.41, 5.74) is 7.61. The van der Waals surface area contributed by atoms with Gasteiger partial charge in [0.1, 0.15) is 0 Å². The Labute approximate surface area is 186 Å². The fraction of sp³-hybridized carbons (Fsp3) is 0.103. The van der Waals surface area contributed by atoms with Gasteiger partial charge in [0, 0.05) is 28.6 Å². The molecule has 6 aromatic rings. The summed E-state index contributed by atoms with van der Waals surface area (Å²) in [5.74, 6) is 0.711. The lowest BCUT2D eigenvalue weighted by Gasteiger charge is -2.24. The number of hydrogen-bond donors (Lipinski definition) is 0. The molecule has 0 saturated carbocycles. The van der Waals surface area contributed by atoms with Gasteiger partial charge in [0.05, 0.1) is 11.0 Å². The van der Waals surface area contributed by atoms with Crippen LogP contribution in [0.15, 0.2) is 91.3 Å². The number of nitrogens with zero attached hydrogens (tertiary/aromatic N) is 3. The SMILES string of the molecule is CC1(C)c2ccccc2-c2c1c1c(c3ccccc23)c2ccccc2n1-c1ncccn1. The van der Waals surface area contributed by atoms with E-state index in [4.69, 9.17) is 0 Å². The first-order valence-electron chi connectivity index (χ1n) is 11.0. The molecule has 2 aromatic heterocycles. The molecule has 0 bridgehead atoms. The summed E-state index contributed by atoms with van der Waals surface area (Å²) in [4.78, 5) is 9.35. The minimum absolute atomic E-state index is 0.144. The number of fused-ring (bicyclic) bond motifs is 10. The molecule has 3 nitrogen and oxygen atoms in total. The van der Waals surface area contributed by atoms with Crippen molar-refractivity contribution in [3.63, 3.8) is 0 Å². The van der Waals surface area contributed by atoms with Crippen LogP contribution in [0.1, 0.15) is 25.0 Å². The molecule has 0 atom stereocenters. The van der Waals surface area contributed by atoms with Gasteiger partial charge in [-0.2, -0.15) is 0 Å². The molecule has 0 N–H and O–H groups in total. The number of rotatable bonds is 1. The van der Waals surface area contributed by atoms with Gasteiger partial charge in [0.15, 0.2) is 0 Å². The van der Waals surface area contributed by atoms with Gasteiger partial charge >= 0.3 is 0 Å². The molecule has 1 aliphatic rings. The Kier molecular flexibility index (Phi) is 3.34. The predicted molar refractivity (Wildman–Crippen MR) is 131 cm³/mol. The summed E-state index contributed by atoms with van der Waals surface area (Å²) in [6.07, 6.45) is 3.65. The van der Waals surface area contributed by atoms with Crippen molar-refractivity contribution in [1.29, 1.82) is 0 Å². The third-order valence-corrected chi connectivity index (χ3v) is 7.07. The Morgan fingerprint density at radius 2 is 1.34 bits per heavy atom. The zero-order valence-electron chi connectivity index (χ0n) is 18.0. The van der Waals surface area contributed by atoms with Gasteiger partial charge in [0.25, 0.3) is 0 Å². The lowest BCUT2D eigenvalue weighted by atomic mass is 9.80. The summed E-state index contributed by atoms with van der Waals surface area (Å²) in [6.45, 7) is 4.69. The molecule has 0 amide bonds. The van der Waals surface area contributed by atoms with Crippen molar-refractivity contribution in [2.24, 2.45) is 0 Å². The van der Waals surface area contributed by atoms with Crippen molar-refractivity contribution in [2.45, 2.75) is 19.3 Å². The molecule has 0 radical (unpaired) electrons. The Balaban J connectivity index is 1.84. The molecule has 0 fully saturated rings. The van der Waals surface area contributed by atoms with E-state index in [1.807, 2.05) is 18.5 Å². The quantitative estimate of drug-likeness (QED) is 0.291. The second-order valence-electron chi connectivity index (χ2n) is 9.09. The molecular weight excluding hydrogens is 390 g/mol. The molecule has 152 valence electrons. The molecule has 0 unspecified atom stereocenters. The van der Waals surface area contributed by atoms with Gasteiger partial charge in [-0.25, -0.2) is 9.97 Å². The van der Waals surface area contributed by atoms with Gasteiger partial charge in [-0.15, -0.1) is 0 Å². The molecule has 3 heteroatoms. The van der Waals surface area contributed by atoms with E-state index in [-0.39, 0.29) is 5.41 Å². The number of hydrogen-bond acceptors (Lipinski definition) is 2. The second-order valence-corrected chi connectivity index (χ2v) is 9.09. The van der Waals surface area contributed by atoms with Crippen LogP contribution in [0.5, 0.6) is 0 Å². The molecule has 4 aromatic carbocycles. The first-order valence-corrected chi connectivity index (χ1v) is 11.0. The lowest BCUT2D eigenvalue weighted by molar-refractivity contribution is 0.663. The summed E-state index contributed by atoms with van der Waals surface area (Å²) < 4.78 is 2.27. The van der Waals surface area contributed by atoms with Crippen LogP contribution in [0.4, 0.5) is 0 Å². The molecule has 32 heavy (non-hydrogen) atoms. The van der Waals surface area contributed by atoms with Crippen molar-refractivity contribution in [3.05, 3.63) is 102 Å². The van der Waals surface area contributed by atoms with Crippen molar-refractivity contribution < 1.29 is 0 Å². The standard InChI is InChI=1S/C29H21N3/c1-29(2)22-14-7-5-12-20(22)24-18-10-3-4-11-19(18)25-21-13-6-8-15-23(21)32(27(25)26(24)29)28-30-16-9-17-31-28/h3-17H,1-2H3. The third kappa shape index (κ3) is 2.06. The van der Waals surface area contributed by atoms with Gasteiger partial charge in [-0.3, -0.25) is 4.57 Å². The number of aromatic nitrogens is 3. The molecule has 0 spiro atoms. The first kappa shape index (κ1) is 17.7. The van der Waals surface area contributed by atoms with E-state index in [0.717, 1.165) is 5.52 Å². The molecule has 2 heterocycles. The van der Waals surface area contributed by atoms with Crippen LogP contribution in [0.3, 0.4) is 0 Å². The van der Waals surface area contributed by atoms with E-state index in [9.17, 15) is 0 Å². The van der Waals surface area contributed by atoms with Crippen molar-refractivity contribution in [3.8, 4) is 17.1 Å². The topological polar surface area (TPSA) is 30.7 Å². The highest BCUT2D eigenvalue weighted by molar-refractivity contribution is 6.26. The van der Waals surface area contributed by atoms with Crippen LogP contribution in [-0.2, 0) is 5.41 Å². The molecule has 7 rings (SSSR count). The normalized spacial score (nSPS) is 14.2. The Morgan fingerprint density at radius 1 is 0.688 bits per heavy atom. The minimum Gasteiger partial charge on any atom is -0.278 e. The van der Waals surface area contributed by atoms with Crippen LogP contribution in [0, 0.1) is 0 Å². The molecule has 0 saturated heterocycles. The Morgan fingerprint density at radius 3 is 2.16 bits per heavy atom. The van der Waals surface area contributed by atoms with E-state index < -0.39 is 0 Å². The number of para-hydroxylation sites is 1. The average molecular weight is 412 g/mol. The van der Waals surface area contributed by atoms with Crippen molar-refractivity contribution >= 4 is 32.6 Å². The maximum absolute atomic E-state index is 4.68. The summed E-state index contributed by atoms with van der Waals surface area (Å²) >= 11 is 0. The highest BCUT2D eigenvalue weighted by atomic mass is 15.1. The van der Waals surface area contributed by atoms with Crippen LogP contribution in [0.25, 0.3) is 49.7 Å². The zero-order valence-corrected chi connectivity index (χ0v) is 18.0. The minimum atomic E-state index is -0.144. The molecule has 1 aliphatic carbocycles. The zero-order chi connectivity index (χ0) is 21.4. The fourth-order valence-corrected chi connectivity index (χ4v) is 5.80. The van der Waals surface area contributed by atoms with Gasteiger partial charge in [-0.05, 0) is 45.2 Å². The third-order valence-electron chi connectivity index (χ3n) is 7.07. The average Bonchev–Trinajstić information content (AvgIpc) is 3.30. The summed E-state index contributed by atoms with van der Waals surface area (Å²) in [6, 6.07) is 28.2. The smallest absolute Gasteiger partial charge is 0.234 e. The fourth-order valence-electron chi connectivity index (χ4n) is 5.80. The molecule has 0 aliphatic heterocycles. The van der Waals surface area contributed by atoms with Crippen molar-refractivity contribution in [2.75, 3.05) is 0 Å². The maximum atomic E-state index is 4.68. The highest BCUT2D eigenvalue weighted by Gasteiger charge is 2.40. The van der Waals surface area contributed by atoms with E-state index in [2.05, 4.69) is 101 Å². The largest absolute Gasteiger partial charge is 0.278 e. The van der Waals surface area contributed by atoms with Crippen molar-refractivity contribution in [1.82, 2.24) is 14.5 Å². The van der Waals surface area contributed by atoms with Gasteiger partial charge in [-0.1, -0.05) is 80.6 Å². The number of benzene rings is 4. The summed E-state index contributed by atoms with van der Waals surface area (Å²) in [7, 11) is 0. The lowest BCUT2D eigenvalue weighted by Crippen LogP contribution is -2.17. The van der Waals surface area contributed by atoms with Crippen LogP contribution >= 0.6 is 0 Å².